The zero-order valence-electron chi connectivity index (χ0n) is 13.2. The van der Waals surface area contributed by atoms with Gasteiger partial charge in [0.25, 0.3) is 0 Å². The predicted molar refractivity (Wildman–Crippen MR) is 86.5 cm³/mol. The number of aliphatic hydroxyl groups is 1. The van der Waals surface area contributed by atoms with E-state index in [0.717, 1.165) is 0 Å². The van der Waals surface area contributed by atoms with Gasteiger partial charge in [-0.25, -0.2) is 14.7 Å². The molecule has 0 radical (unpaired) electrons. The van der Waals surface area contributed by atoms with E-state index in [-0.39, 0.29) is 25.0 Å². The van der Waals surface area contributed by atoms with Crippen LogP contribution in [0.3, 0.4) is 0 Å². The van der Waals surface area contributed by atoms with Crippen LogP contribution in [0.4, 0.5) is 10.5 Å². The minimum absolute atomic E-state index is 0.0393. The van der Waals surface area contributed by atoms with E-state index in [4.69, 9.17) is 9.84 Å². The quantitative estimate of drug-likeness (QED) is 0.753. The molecule has 0 aliphatic heterocycles. The van der Waals surface area contributed by atoms with Crippen LogP contribution in [-0.4, -0.2) is 43.1 Å². The van der Waals surface area contributed by atoms with Crippen LogP contribution in [-0.2, 0) is 0 Å². The highest BCUT2D eigenvalue weighted by molar-refractivity contribution is 5.97. The number of aromatic nitrogens is 1. The Kier molecular flexibility index (Phi) is 6.52. The summed E-state index contributed by atoms with van der Waals surface area (Å²) in [4.78, 5) is 21.6. The highest BCUT2D eigenvalue weighted by Gasteiger charge is 2.26. The van der Waals surface area contributed by atoms with Crippen molar-refractivity contribution in [1.82, 2.24) is 10.3 Å². The first-order valence-electron chi connectivity index (χ1n) is 6.87. The van der Waals surface area contributed by atoms with Gasteiger partial charge >= 0.3 is 6.03 Å². The maximum atomic E-state index is 12.2. The third kappa shape index (κ3) is 3.82. The Balaban J connectivity index is 3.51. The molecule has 2 amide bonds. The molecule has 2 N–H and O–H groups in total. The van der Waals surface area contributed by atoms with Crippen LogP contribution >= 0.6 is 0 Å². The predicted octanol–water partition coefficient (Wildman–Crippen LogP) is 1.89. The van der Waals surface area contributed by atoms with Gasteiger partial charge in [0, 0.05) is 19.3 Å². The van der Waals surface area contributed by atoms with Crippen molar-refractivity contribution < 1.29 is 14.6 Å². The lowest BCUT2D eigenvalue weighted by Gasteiger charge is -2.26. The van der Waals surface area contributed by atoms with E-state index in [0.29, 0.717) is 17.1 Å². The number of rotatable bonds is 7. The van der Waals surface area contributed by atoms with Crippen LogP contribution in [0.5, 0.6) is 5.75 Å². The largest absolute Gasteiger partial charge is 0.489 e. The molecule has 1 aromatic heterocycles. The maximum absolute atomic E-state index is 12.2. The van der Waals surface area contributed by atoms with Crippen molar-refractivity contribution in [3.63, 3.8) is 0 Å². The zero-order valence-corrected chi connectivity index (χ0v) is 13.2. The van der Waals surface area contributed by atoms with Crippen LogP contribution in [0.15, 0.2) is 29.7 Å². The molecular weight excluding hydrogens is 284 g/mol. The molecule has 0 saturated heterocycles. The second-order valence-electron chi connectivity index (χ2n) is 4.73. The average molecular weight is 306 g/mol. The van der Waals surface area contributed by atoms with Gasteiger partial charge in [-0.3, -0.25) is 4.98 Å². The summed E-state index contributed by atoms with van der Waals surface area (Å²) in [6.07, 6.45) is 1.59. The summed E-state index contributed by atoms with van der Waals surface area (Å²) in [6.45, 7) is 11.0. The Bertz CT molecular complexity index is 558. The molecule has 1 rings (SSSR count). The SMILES string of the molecule is C=NC(=C)N(C(=O)NC)c1c(OCCO)ccnc1C(C)C. The van der Waals surface area contributed by atoms with Crippen molar-refractivity contribution in [1.29, 1.82) is 0 Å². The van der Waals surface area contributed by atoms with Crippen molar-refractivity contribution in [2.75, 3.05) is 25.2 Å². The number of aliphatic imine (C=N–C) groups is 1. The van der Waals surface area contributed by atoms with Gasteiger partial charge in [0.1, 0.15) is 23.9 Å². The molecular formula is C15H22N4O3. The Hall–Kier alpha value is -2.41. The normalized spacial score (nSPS) is 10.2. The number of aliphatic hydroxyl groups excluding tert-OH is 1. The first-order valence-corrected chi connectivity index (χ1v) is 6.87. The summed E-state index contributed by atoms with van der Waals surface area (Å²) in [5.74, 6) is 0.613. The third-order valence-electron chi connectivity index (χ3n) is 2.89. The number of carbonyl (C=O) groups excluding carboxylic acids is 1. The molecule has 0 aromatic carbocycles. The first kappa shape index (κ1) is 17.6. The van der Waals surface area contributed by atoms with Gasteiger partial charge in [0.15, 0.2) is 0 Å². The van der Waals surface area contributed by atoms with E-state index in [2.05, 4.69) is 28.6 Å². The molecule has 0 aliphatic carbocycles. The number of nitrogens with one attached hydrogen (secondary N) is 1. The highest BCUT2D eigenvalue weighted by atomic mass is 16.5. The lowest BCUT2D eigenvalue weighted by molar-refractivity contribution is 0.201. The van der Waals surface area contributed by atoms with Gasteiger partial charge in [-0.05, 0) is 12.6 Å². The molecule has 0 saturated carbocycles. The lowest BCUT2D eigenvalue weighted by Crippen LogP contribution is -2.38. The minimum Gasteiger partial charge on any atom is -0.489 e. The standard InChI is InChI=1S/C15H22N4O3/c1-10(2)13-14(12(6-7-18-13)22-9-8-20)19(11(3)16-4)15(21)17-5/h6-7,10,20H,3-4,8-9H2,1-2,5H3,(H,17,21). The van der Waals surface area contributed by atoms with Crippen molar-refractivity contribution >= 4 is 18.4 Å². The summed E-state index contributed by atoms with van der Waals surface area (Å²) in [6, 6.07) is 1.20. The number of amides is 2. The second kappa shape index (κ2) is 8.14. The fraction of sp³-hybridized carbons (Fsp3) is 0.400. The van der Waals surface area contributed by atoms with Crippen LogP contribution in [0, 0.1) is 0 Å². The van der Waals surface area contributed by atoms with E-state index >= 15 is 0 Å². The number of pyridine rings is 1. The van der Waals surface area contributed by atoms with Gasteiger partial charge in [0.05, 0.1) is 12.3 Å². The van der Waals surface area contributed by atoms with Gasteiger partial charge in [-0.15, -0.1) is 0 Å². The van der Waals surface area contributed by atoms with Crippen molar-refractivity contribution in [3.8, 4) is 5.75 Å². The number of hydrogen-bond donors (Lipinski definition) is 2. The van der Waals surface area contributed by atoms with Crippen LogP contribution < -0.4 is 15.0 Å². The number of anilines is 1. The molecule has 0 unspecified atom stereocenters. The summed E-state index contributed by atoms with van der Waals surface area (Å²) in [7, 11) is 1.51. The molecule has 7 heteroatoms. The fourth-order valence-corrected chi connectivity index (χ4v) is 1.90. The van der Waals surface area contributed by atoms with E-state index in [9.17, 15) is 4.79 Å². The summed E-state index contributed by atoms with van der Waals surface area (Å²) in [5.41, 5.74) is 1.10. The van der Waals surface area contributed by atoms with E-state index in [1.807, 2.05) is 13.8 Å². The summed E-state index contributed by atoms with van der Waals surface area (Å²) < 4.78 is 5.53. The smallest absolute Gasteiger partial charge is 0.327 e. The molecule has 0 bridgehead atoms. The summed E-state index contributed by atoms with van der Waals surface area (Å²) >= 11 is 0. The number of ether oxygens (including phenoxy) is 1. The zero-order chi connectivity index (χ0) is 16.7. The Morgan fingerprint density at radius 3 is 2.77 bits per heavy atom. The van der Waals surface area contributed by atoms with Crippen LogP contribution in [0.25, 0.3) is 0 Å². The highest BCUT2D eigenvalue weighted by Crippen LogP contribution is 2.36. The molecule has 0 aliphatic rings. The molecule has 22 heavy (non-hydrogen) atoms. The molecule has 0 atom stereocenters. The molecule has 0 fully saturated rings. The average Bonchev–Trinajstić information content (AvgIpc) is 2.52. The van der Waals surface area contributed by atoms with E-state index < -0.39 is 6.03 Å². The number of carbonyl (C=O) groups is 1. The number of urea groups is 1. The Morgan fingerprint density at radius 1 is 1.59 bits per heavy atom. The second-order valence-corrected chi connectivity index (χ2v) is 4.73. The van der Waals surface area contributed by atoms with E-state index in [1.165, 1.54) is 11.9 Å². The van der Waals surface area contributed by atoms with Gasteiger partial charge in [-0.1, -0.05) is 20.4 Å². The lowest BCUT2D eigenvalue weighted by atomic mass is 10.1. The molecule has 120 valence electrons. The first-order chi connectivity index (χ1) is 10.5. The van der Waals surface area contributed by atoms with Gasteiger partial charge in [0.2, 0.25) is 0 Å². The Labute approximate surface area is 130 Å². The van der Waals surface area contributed by atoms with Crippen molar-refractivity contribution in [2.45, 2.75) is 19.8 Å². The number of hydrogen-bond acceptors (Lipinski definition) is 5. The van der Waals surface area contributed by atoms with Crippen LogP contribution in [0.2, 0.25) is 0 Å². The van der Waals surface area contributed by atoms with Crippen molar-refractivity contribution in [2.24, 2.45) is 4.99 Å². The monoisotopic (exact) mass is 306 g/mol. The Morgan fingerprint density at radius 2 is 2.27 bits per heavy atom. The minimum atomic E-state index is -0.429. The topological polar surface area (TPSA) is 87.1 Å². The van der Waals surface area contributed by atoms with Gasteiger partial charge in [-0.2, -0.15) is 0 Å². The van der Waals surface area contributed by atoms with Crippen LogP contribution in [0.1, 0.15) is 25.5 Å². The molecule has 7 nitrogen and oxygen atoms in total. The van der Waals surface area contributed by atoms with Gasteiger partial charge < -0.3 is 15.2 Å². The maximum Gasteiger partial charge on any atom is 0.327 e. The fourth-order valence-electron chi connectivity index (χ4n) is 1.90. The molecule has 0 spiro atoms. The molecule has 1 aromatic rings. The van der Waals surface area contributed by atoms with Crippen molar-refractivity contribution in [3.05, 3.63) is 30.4 Å². The van der Waals surface area contributed by atoms with E-state index in [1.54, 1.807) is 12.3 Å². The number of nitrogens with zero attached hydrogens (tertiary/aromatic N) is 3. The summed E-state index contributed by atoms with van der Waals surface area (Å²) in [5, 5.41) is 11.5. The third-order valence-corrected chi connectivity index (χ3v) is 2.89. The molecule has 1 heterocycles.